The van der Waals surface area contributed by atoms with Crippen molar-refractivity contribution in [1.29, 1.82) is 0 Å². The molecule has 1 amide bonds. The first-order valence-electron chi connectivity index (χ1n) is 16.4. The predicted octanol–water partition coefficient (Wildman–Crippen LogP) is 5.26. The van der Waals surface area contributed by atoms with E-state index in [1.54, 1.807) is 19.1 Å². The predicted molar refractivity (Wildman–Crippen MR) is 175 cm³/mol. The summed E-state index contributed by atoms with van der Waals surface area (Å²) in [5.74, 6) is -2.33. The van der Waals surface area contributed by atoms with Crippen molar-refractivity contribution in [2.45, 2.75) is 71.9 Å². The lowest BCUT2D eigenvalue weighted by Crippen LogP contribution is -2.41. The molecule has 3 aromatic rings. The van der Waals surface area contributed by atoms with Gasteiger partial charge >= 0.3 is 0 Å². The number of morpholine rings is 1. The highest BCUT2D eigenvalue weighted by Gasteiger charge is 2.35. The molecule has 1 atom stereocenters. The Morgan fingerprint density at radius 3 is 2.37 bits per heavy atom. The number of fused-ring (bicyclic) bond motifs is 1. The fraction of sp³-hybridized carbons (Fsp3) is 0.500. The standard InChI is InChI=1S/C36H44F2N4O4/c1-5-42(24-8-12-45-13-9-24)34-22(4)31(35(39)43)33(38)32(28(34)18-25-20(2)16-21(3)40-36(25)44)27-17-23-6-7-30(26(23)19-29(27)37)41-10-14-46-15-11-41/h16-17,19,24,30H,5-15,18H2,1-4H3,(H2,39,43)(H,40,44). The number of carbonyl (C=O) groups excluding carboxylic acids is 1. The number of nitrogens with one attached hydrogen (secondary N) is 1. The third-order valence-electron chi connectivity index (χ3n) is 10.1. The second-order valence-corrected chi connectivity index (χ2v) is 12.9. The van der Waals surface area contributed by atoms with Gasteiger partial charge in [-0.25, -0.2) is 8.78 Å². The fourth-order valence-electron chi connectivity index (χ4n) is 7.96. The van der Waals surface area contributed by atoms with Crippen LogP contribution in [0, 0.1) is 32.4 Å². The van der Waals surface area contributed by atoms with Crippen LogP contribution in [0.1, 0.15) is 81.7 Å². The van der Waals surface area contributed by atoms with Gasteiger partial charge in [-0.3, -0.25) is 14.5 Å². The molecule has 8 nitrogen and oxygen atoms in total. The number of benzene rings is 2. The maximum Gasteiger partial charge on any atom is 0.252 e. The summed E-state index contributed by atoms with van der Waals surface area (Å²) in [5.41, 5.74) is 10.7. The van der Waals surface area contributed by atoms with Crippen molar-refractivity contribution in [2.75, 3.05) is 51.0 Å². The van der Waals surface area contributed by atoms with Crippen molar-refractivity contribution in [3.05, 3.63) is 84.8 Å². The van der Waals surface area contributed by atoms with Gasteiger partial charge in [0.1, 0.15) is 11.6 Å². The first-order chi connectivity index (χ1) is 22.1. The molecular weight excluding hydrogens is 590 g/mol. The topological polar surface area (TPSA) is 101 Å². The lowest BCUT2D eigenvalue weighted by atomic mass is 9.85. The largest absolute Gasteiger partial charge is 0.381 e. The number of H-pyrrole nitrogens is 1. The monoisotopic (exact) mass is 634 g/mol. The summed E-state index contributed by atoms with van der Waals surface area (Å²) in [7, 11) is 0. The normalized spacial score (nSPS) is 19.0. The van der Waals surface area contributed by atoms with Crippen LogP contribution in [0.4, 0.5) is 14.5 Å². The quantitative estimate of drug-likeness (QED) is 0.351. The molecule has 3 N–H and O–H groups in total. The maximum absolute atomic E-state index is 17.0. The Bertz CT molecular complexity index is 1710. The summed E-state index contributed by atoms with van der Waals surface area (Å²) in [6.45, 7) is 11.9. The van der Waals surface area contributed by atoms with Crippen LogP contribution in [0.5, 0.6) is 0 Å². The number of hydrogen-bond acceptors (Lipinski definition) is 6. The molecule has 0 radical (unpaired) electrons. The van der Waals surface area contributed by atoms with Gasteiger partial charge in [0, 0.05) is 79.4 Å². The van der Waals surface area contributed by atoms with Crippen LogP contribution in [0.2, 0.25) is 0 Å². The highest BCUT2D eigenvalue weighted by Crippen LogP contribution is 2.45. The van der Waals surface area contributed by atoms with Crippen LogP contribution >= 0.6 is 0 Å². The van der Waals surface area contributed by atoms with Crippen LogP contribution in [-0.4, -0.2) is 67.9 Å². The summed E-state index contributed by atoms with van der Waals surface area (Å²) in [6, 6.07) is 5.30. The third-order valence-corrected chi connectivity index (χ3v) is 10.1. The van der Waals surface area contributed by atoms with Crippen molar-refractivity contribution in [3.8, 4) is 11.1 Å². The molecule has 6 rings (SSSR count). The number of nitrogens with zero attached hydrogens (tertiary/aromatic N) is 2. The minimum absolute atomic E-state index is 0.00518. The average Bonchev–Trinajstić information content (AvgIpc) is 3.43. The molecule has 3 heterocycles. The number of pyridine rings is 1. The molecule has 2 saturated heterocycles. The highest BCUT2D eigenvalue weighted by atomic mass is 19.1. The number of halogens is 2. The number of aromatic amines is 1. The number of rotatable bonds is 8. The molecule has 0 saturated carbocycles. The molecule has 1 unspecified atom stereocenters. The van der Waals surface area contributed by atoms with Crippen LogP contribution < -0.4 is 16.2 Å². The molecule has 1 aromatic heterocycles. The minimum Gasteiger partial charge on any atom is -0.381 e. The molecule has 3 aliphatic rings. The smallest absolute Gasteiger partial charge is 0.252 e. The molecule has 2 aliphatic heterocycles. The van der Waals surface area contributed by atoms with E-state index in [9.17, 15) is 9.59 Å². The number of hydrogen-bond donors (Lipinski definition) is 2. The zero-order chi connectivity index (χ0) is 32.7. The van der Waals surface area contributed by atoms with Gasteiger partial charge in [-0.15, -0.1) is 0 Å². The second kappa shape index (κ2) is 13.3. The van der Waals surface area contributed by atoms with Gasteiger partial charge in [0.25, 0.3) is 11.5 Å². The van der Waals surface area contributed by atoms with E-state index < -0.39 is 17.5 Å². The summed E-state index contributed by atoms with van der Waals surface area (Å²) < 4.78 is 44.7. The van der Waals surface area contributed by atoms with Gasteiger partial charge in [0.05, 0.1) is 18.8 Å². The summed E-state index contributed by atoms with van der Waals surface area (Å²) in [4.78, 5) is 33.7. The van der Waals surface area contributed by atoms with Crippen molar-refractivity contribution in [3.63, 3.8) is 0 Å². The van der Waals surface area contributed by atoms with Crippen molar-refractivity contribution in [1.82, 2.24) is 9.88 Å². The van der Waals surface area contributed by atoms with Crippen molar-refractivity contribution < 1.29 is 23.0 Å². The number of aryl methyl sites for hydroxylation is 3. The van der Waals surface area contributed by atoms with E-state index in [0.717, 1.165) is 61.2 Å². The molecule has 1 aliphatic carbocycles. The molecule has 246 valence electrons. The first-order valence-corrected chi connectivity index (χ1v) is 16.4. The third kappa shape index (κ3) is 5.87. The Hall–Kier alpha value is -3.60. The van der Waals surface area contributed by atoms with Crippen molar-refractivity contribution >= 4 is 11.6 Å². The highest BCUT2D eigenvalue weighted by molar-refractivity contribution is 5.99. The molecule has 10 heteroatoms. The van der Waals surface area contributed by atoms with E-state index in [1.807, 2.05) is 26.8 Å². The Labute approximate surface area is 268 Å². The second-order valence-electron chi connectivity index (χ2n) is 12.9. The lowest BCUT2D eigenvalue weighted by Gasteiger charge is -2.39. The van der Waals surface area contributed by atoms with E-state index in [-0.39, 0.29) is 40.8 Å². The minimum atomic E-state index is -0.912. The fourth-order valence-corrected chi connectivity index (χ4v) is 7.96. The number of carbonyl (C=O) groups is 1. The van der Waals surface area contributed by atoms with E-state index >= 15 is 8.78 Å². The number of primary amides is 1. The molecule has 46 heavy (non-hydrogen) atoms. The van der Waals surface area contributed by atoms with E-state index in [4.69, 9.17) is 15.2 Å². The first kappa shape index (κ1) is 32.3. The van der Waals surface area contributed by atoms with Crippen LogP contribution in [0.15, 0.2) is 23.0 Å². The Morgan fingerprint density at radius 2 is 1.72 bits per heavy atom. The summed E-state index contributed by atoms with van der Waals surface area (Å²) in [5, 5.41) is 0. The zero-order valence-corrected chi connectivity index (χ0v) is 27.2. The number of amides is 1. The Balaban J connectivity index is 1.61. The molecular formula is C36H44F2N4O4. The molecule has 0 spiro atoms. The van der Waals surface area contributed by atoms with Gasteiger partial charge in [0.2, 0.25) is 0 Å². The number of aromatic nitrogens is 1. The van der Waals surface area contributed by atoms with Gasteiger partial charge in [0.15, 0.2) is 0 Å². The van der Waals surface area contributed by atoms with Gasteiger partial charge in [-0.1, -0.05) is 0 Å². The Kier molecular flexibility index (Phi) is 9.32. The molecule has 0 bridgehead atoms. The van der Waals surface area contributed by atoms with Gasteiger partial charge in [-0.05, 0) is 99.4 Å². The number of ether oxygens (including phenoxy) is 2. The summed E-state index contributed by atoms with van der Waals surface area (Å²) >= 11 is 0. The van der Waals surface area contributed by atoms with Crippen LogP contribution in [-0.2, 0) is 22.3 Å². The van der Waals surface area contributed by atoms with Crippen LogP contribution in [0.3, 0.4) is 0 Å². The SMILES string of the molecule is CCN(c1c(C)c(C(N)=O)c(F)c(-c2cc3c(cc2F)C(N2CCOCC2)CC3)c1Cc1c(C)cc(C)[nH]c1=O)C1CCOCC1. The van der Waals surface area contributed by atoms with Gasteiger partial charge < -0.3 is 25.1 Å². The Morgan fingerprint density at radius 1 is 1.02 bits per heavy atom. The van der Waals surface area contributed by atoms with Gasteiger partial charge in [-0.2, -0.15) is 0 Å². The summed E-state index contributed by atoms with van der Waals surface area (Å²) in [6.07, 6.45) is 3.10. The van der Waals surface area contributed by atoms with Crippen molar-refractivity contribution in [2.24, 2.45) is 5.73 Å². The maximum atomic E-state index is 17.0. The molecule has 2 aromatic carbocycles. The average molecular weight is 635 g/mol. The molecule has 2 fully saturated rings. The number of nitrogens with two attached hydrogens (primary N) is 1. The van der Waals surface area contributed by atoms with Crippen LogP contribution in [0.25, 0.3) is 11.1 Å². The van der Waals surface area contributed by atoms with E-state index in [0.29, 0.717) is 55.4 Å². The van der Waals surface area contributed by atoms with E-state index in [1.165, 1.54) is 0 Å². The number of anilines is 1. The zero-order valence-electron chi connectivity index (χ0n) is 27.2. The lowest BCUT2D eigenvalue weighted by molar-refractivity contribution is 0.0164. The van der Waals surface area contributed by atoms with E-state index in [2.05, 4.69) is 14.8 Å².